The number of hydrogen-bond acceptors (Lipinski definition) is 5. The maximum Gasteiger partial charge on any atom is 0.271 e. The summed E-state index contributed by atoms with van der Waals surface area (Å²) in [6.45, 7) is -0.335. The van der Waals surface area contributed by atoms with E-state index in [1.807, 2.05) is 6.07 Å². The van der Waals surface area contributed by atoms with Crippen molar-refractivity contribution in [3.8, 4) is 0 Å². The number of nitrogens with one attached hydrogen (secondary N) is 1. The van der Waals surface area contributed by atoms with Gasteiger partial charge in [-0.2, -0.15) is 4.31 Å². The van der Waals surface area contributed by atoms with Crippen LogP contribution in [0.2, 0.25) is 0 Å². The van der Waals surface area contributed by atoms with Gasteiger partial charge in [0.05, 0.1) is 17.7 Å². The summed E-state index contributed by atoms with van der Waals surface area (Å²) in [5.74, 6) is -0.582. The Morgan fingerprint density at radius 1 is 1.16 bits per heavy atom. The van der Waals surface area contributed by atoms with Crippen molar-refractivity contribution in [2.45, 2.75) is 6.54 Å². The third-order valence-corrected chi connectivity index (χ3v) is 4.53. The Hall–Kier alpha value is -2.78. The summed E-state index contributed by atoms with van der Waals surface area (Å²) in [5.41, 5.74) is 0.811. The Bertz CT molecular complexity index is 868. The van der Waals surface area contributed by atoms with Gasteiger partial charge in [0.25, 0.3) is 5.69 Å². The number of sulfonamides is 1. The predicted octanol–water partition coefficient (Wildman–Crippen LogP) is 2.00. The van der Waals surface area contributed by atoms with E-state index in [9.17, 15) is 23.3 Å². The van der Waals surface area contributed by atoms with Crippen LogP contribution in [-0.4, -0.2) is 36.4 Å². The van der Waals surface area contributed by atoms with E-state index in [0.717, 1.165) is 16.1 Å². The minimum Gasteiger partial charge on any atom is -0.325 e. The van der Waals surface area contributed by atoms with E-state index in [4.69, 9.17) is 0 Å². The van der Waals surface area contributed by atoms with Gasteiger partial charge in [-0.25, -0.2) is 8.42 Å². The second kappa shape index (κ2) is 7.86. The fraction of sp³-hybridized carbons (Fsp3) is 0.188. The molecule has 132 valence electrons. The van der Waals surface area contributed by atoms with Crippen LogP contribution in [0.25, 0.3) is 0 Å². The maximum absolute atomic E-state index is 12.2. The summed E-state index contributed by atoms with van der Waals surface area (Å²) in [6, 6.07) is 14.3. The molecule has 0 saturated heterocycles. The van der Waals surface area contributed by atoms with Crippen molar-refractivity contribution < 1.29 is 18.1 Å². The number of nitro groups is 1. The van der Waals surface area contributed by atoms with Crippen LogP contribution in [-0.2, 0) is 21.4 Å². The van der Waals surface area contributed by atoms with Crippen LogP contribution in [0, 0.1) is 10.1 Å². The normalized spacial score (nSPS) is 11.3. The van der Waals surface area contributed by atoms with Gasteiger partial charge in [-0.15, -0.1) is 0 Å². The standard InChI is InChI=1S/C16H17N3O5S/c1-25(23,24)18(11-13-6-3-2-4-7-13)12-16(20)17-14-8-5-9-15(10-14)19(21)22/h2-10H,11-12H2,1H3,(H,17,20). The van der Waals surface area contributed by atoms with Crippen molar-refractivity contribution >= 4 is 27.3 Å². The first-order chi connectivity index (χ1) is 11.8. The van der Waals surface area contributed by atoms with Crippen molar-refractivity contribution in [2.75, 3.05) is 18.1 Å². The summed E-state index contributed by atoms with van der Waals surface area (Å²) in [7, 11) is -3.61. The average molecular weight is 363 g/mol. The first-order valence-electron chi connectivity index (χ1n) is 7.29. The largest absolute Gasteiger partial charge is 0.325 e. The average Bonchev–Trinajstić information content (AvgIpc) is 2.54. The number of non-ortho nitro benzene ring substituents is 1. The molecule has 0 aliphatic carbocycles. The second-order valence-electron chi connectivity index (χ2n) is 5.37. The van der Waals surface area contributed by atoms with Gasteiger partial charge in [0.15, 0.2) is 0 Å². The van der Waals surface area contributed by atoms with E-state index in [0.29, 0.717) is 0 Å². The zero-order chi connectivity index (χ0) is 18.4. The van der Waals surface area contributed by atoms with E-state index < -0.39 is 27.4 Å². The molecule has 25 heavy (non-hydrogen) atoms. The summed E-state index contributed by atoms with van der Waals surface area (Å²) in [6.07, 6.45) is 1.02. The molecule has 0 fully saturated rings. The molecule has 8 nitrogen and oxygen atoms in total. The molecule has 0 aliphatic rings. The summed E-state index contributed by atoms with van der Waals surface area (Å²) >= 11 is 0. The van der Waals surface area contributed by atoms with Crippen LogP contribution >= 0.6 is 0 Å². The van der Waals surface area contributed by atoms with Gasteiger partial charge in [0.2, 0.25) is 15.9 Å². The monoisotopic (exact) mass is 363 g/mol. The Morgan fingerprint density at radius 3 is 2.44 bits per heavy atom. The highest BCUT2D eigenvalue weighted by molar-refractivity contribution is 7.88. The maximum atomic E-state index is 12.2. The van der Waals surface area contributed by atoms with E-state index in [1.165, 1.54) is 24.3 Å². The van der Waals surface area contributed by atoms with Gasteiger partial charge in [-0.1, -0.05) is 36.4 Å². The first kappa shape index (κ1) is 18.6. The fourth-order valence-corrected chi connectivity index (χ4v) is 2.87. The number of carbonyl (C=O) groups is 1. The summed E-state index contributed by atoms with van der Waals surface area (Å²) in [4.78, 5) is 22.3. The fourth-order valence-electron chi connectivity index (χ4n) is 2.14. The van der Waals surface area contributed by atoms with Crippen LogP contribution in [0.15, 0.2) is 54.6 Å². The highest BCUT2D eigenvalue weighted by atomic mass is 32.2. The molecular weight excluding hydrogens is 346 g/mol. The third kappa shape index (κ3) is 5.66. The van der Waals surface area contributed by atoms with Crippen LogP contribution in [0.5, 0.6) is 0 Å². The Kier molecular flexibility index (Phi) is 5.84. The minimum absolute atomic E-state index is 0.0576. The molecule has 1 N–H and O–H groups in total. The van der Waals surface area contributed by atoms with Gasteiger partial charge in [0.1, 0.15) is 0 Å². The van der Waals surface area contributed by atoms with Gasteiger partial charge in [-0.3, -0.25) is 14.9 Å². The van der Waals surface area contributed by atoms with Crippen molar-refractivity contribution in [3.63, 3.8) is 0 Å². The lowest BCUT2D eigenvalue weighted by molar-refractivity contribution is -0.384. The molecule has 0 aliphatic heterocycles. The lowest BCUT2D eigenvalue weighted by Gasteiger charge is -2.19. The Balaban J connectivity index is 2.09. The quantitative estimate of drug-likeness (QED) is 0.597. The van der Waals surface area contributed by atoms with E-state index >= 15 is 0 Å². The molecule has 0 saturated carbocycles. The molecule has 2 aromatic carbocycles. The van der Waals surface area contributed by atoms with E-state index in [2.05, 4.69) is 5.32 Å². The van der Waals surface area contributed by atoms with Crippen molar-refractivity contribution in [1.82, 2.24) is 4.31 Å². The van der Waals surface area contributed by atoms with Gasteiger partial charge in [-0.05, 0) is 11.6 Å². The molecule has 0 unspecified atom stereocenters. The molecule has 0 bridgehead atoms. The van der Waals surface area contributed by atoms with Crippen LogP contribution in [0.3, 0.4) is 0 Å². The Morgan fingerprint density at radius 2 is 1.84 bits per heavy atom. The molecule has 0 heterocycles. The number of anilines is 1. The van der Waals surface area contributed by atoms with Gasteiger partial charge >= 0.3 is 0 Å². The van der Waals surface area contributed by atoms with E-state index in [-0.39, 0.29) is 17.9 Å². The highest BCUT2D eigenvalue weighted by Gasteiger charge is 2.21. The highest BCUT2D eigenvalue weighted by Crippen LogP contribution is 2.17. The molecule has 1 amide bonds. The molecular formula is C16H17N3O5S. The number of carbonyl (C=O) groups excluding carboxylic acids is 1. The lowest BCUT2D eigenvalue weighted by atomic mass is 10.2. The predicted molar refractivity (Wildman–Crippen MR) is 93.4 cm³/mol. The molecule has 0 aromatic heterocycles. The van der Waals surface area contributed by atoms with E-state index in [1.54, 1.807) is 24.3 Å². The lowest BCUT2D eigenvalue weighted by Crippen LogP contribution is -2.36. The SMILES string of the molecule is CS(=O)(=O)N(CC(=O)Nc1cccc([N+](=O)[O-])c1)Cc1ccccc1. The van der Waals surface area contributed by atoms with Gasteiger partial charge < -0.3 is 5.32 Å². The summed E-state index contributed by atoms with van der Waals surface area (Å²) in [5, 5.41) is 13.2. The van der Waals surface area contributed by atoms with Crippen LogP contribution in [0.4, 0.5) is 11.4 Å². The molecule has 2 aromatic rings. The molecule has 0 spiro atoms. The third-order valence-electron chi connectivity index (χ3n) is 3.33. The molecule has 0 atom stereocenters. The molecule has 9 heteroatoms. The van der Waals surface area contributed by atoms with Crippen LogP contribution in [0.1, 0.15) is 5.56 Å². The van der Waals surface area contributed by atoms with Crippen molar-refractivity contribution in [2.24, 2.45) is 0 Å². The number of amides is 1. The minimum atomic E-state index is -3.61. The smallest absolute Gasteiger partial charge is 0.271 e. The number of hydrogen-bond donors (Lipinski definition) is 1. The molecule has 0 radical (unpaired) electrons. The number of benzene rings is 2. The zero-order valence-corrected chi connectivity index (χ0v) is 14.3. The second-order valence-corrected chi connectivity index (χ2v) is 7.35. The number of nitro benzene ring substituents is 1. The van der Waals surface area contributed by atoms with Crippen LogP contribution < -0.4 is 5.32 Å². The summed E-state index contributed by atoms with van der Waals surface area (Å²) < 4.78 is 24.9. The molecule has 2 rings (SSSR count). The Labute approximate surface area is 145 Å². The number of rotatable bonds is 7. The number of nitrogens with zero attached hydrogens (tertiary/aromatic N) is 2. The van der Waals surface area contributed by atoms with Crippen molar-refractivity contribution in [1.29, 1.82) is 0 Å². The van der Waals surface area contributed by atoms with Crippen molar-refractivity contribution in [3.05, 3.63) is 70.3 Å². The first-order valence-corrected chi connectivity index (χ1v) is 9.14. The van der Waals surface area contributed by atoms with Gasteiger partial charge in [0, 0.05) is 24.4 Å². The topological polar surface area (TPSA) is 110 Å². The zero-order valence-electron chi connectivity index (χ0n) is 13.5.